The highest BCUT2D eigenvalue weighted by Gasteiger charge is 2.09. The van der Waals surface area contributed by atoms with Crippen LogP contribution < -0.4 is 0 Å². The molecule has 3 heteroatoms. The molecular weight excluding hydrogens is 190 g/mol. The highest BCUT2D eigenvalue weighted by Crippen LogP contribution is 2.14. The van der Waals surface area contributed by atoms with Crippen LogP contribution in [0.1, 0.15) is 19.4 Å². The Morgan fingerprint density at radius 3 is 2.53 bits per heavy atom. The Morgan fingerprint density at radius 1 is 1.33 bits per heavy atom. The Kier molecular flexibility index (Phi) is 4.31. The molecule has 1 rings (SSSR count). The second-order valence-electron chi connectivity index (χ2n) is 3.83. The number of para-hydroxylation sites is 1. The van der Waals surface area contributed by atoms with Crippen LogP contribution in [0.25, 0.3) is 0 Å². The lowest BCUT2D eigenvalue weighted by Gasteiger charge is -2.12. The number of aliphatic imine (C=N–C) groups is 1. The van der Waals surface area contributed by atoms with E-state index in [4.69, 9.17) is 5.11 Å². The van der Waals surface area contributed by atoms with Gasteiger partial charge >= 0.3 is 0 Å². The SMILES string of the molecule is CC(C)[C@H](CO)N=Cc1ccccc1O. The molecule has 0 aliphatic carbocycles. The van der Waals surface area contributed by atoms with Gasteiger partial charge in [-0.1, -0.05) is 26.0 Å². The lowest BCUT2D eigenvalue weighted by molar-refractivity contribution is 0.240. The van der Waals surface area contributed by atoms with E-state index in [1.807, 2.05) is 19.9 Å². The molecule has 0 saturated heterocycles. The summed E-state index contributed by atoms with van der Waals surface area (Å²) >= 11 is 0. The standard InChI is InChI=1S/C12H17NO2/c1-9(2)11(8-14)13-7-10-5-3-4-6-12(10)15/h3-7,9,11,14-15H,8H2,1-2H3/t11-/m0/s1. The Labute approximate surface area is 90.1 Å². The maximum absolute atomic E-state index is 9.48. The van der Waals surface area contributed by atoms with E-state index in [1.54, 1.807) is 24.4 Å². The molecule has 0 amide bonds. The van der Waals surface area contributed by atoms with Crippen LogP contribution in [0.5, 0.6) is 5.75 Å². The summed E-state index contributed by atoms with van der Waals surface area (Å²) in [5.74, 6) is 0.499. The summed E-state index contributed by atoms with van der Waals surface area (Å²) in [7, 11) is 0. The monoisotopic (exact) mass is 207 g/mol. The zero-order valence-corrected chi connectivity index (χ0v) is 9.09. The Hall–Kier alpha value is -1.35. The van der Waals surface area contributed by atoms with Crippen molar-refractivity contribution in [1.82, 2.24) is 0 Å². The van der Waals surface area contributed by atoms with Gasteiger partial charge in [0.25, 0.3) is 0 Å². The summed E-state index contributed by atoms with van der Waals surface area (Å²) in [5, 5.41) is 18.5. The molecule has 0 aliphatic rings. The van der Waals surface area contributed by atoms with Crippen molar-refractivity contribution in [2.45, 2.75) is 19.9 Å². The molecule has 0 unspecified atom stereocenters. The van der Waals surface area contributed by atoms with Gasteiger partial charge in [-0.05, 0) is 18.1 Å². The average molecular weight is 207 g/mol. The average Bonchev–Trinajstić information content (AvgIpc) is 2.21. The Balaban J connectivity index is 2.76. The van der Waals surface area contributed by atoms with Gasteiger partial charge in [-0.15, -0.1) is 0 Å². The van der Waals surface area contributed by atoms with Crippen molar-refractivity contribution in [2.75, 3.05) is 6.61 Å². The van der Waals surface area contributed by atoms with Crippen LogP contribution in [0.3, 0.4) is 0 Å². The van der Waals surface area contributed by atoms with Crippen molar-refractivity contribution < 1.29 is 10.2 Å². The van der Waals surface area contributed by atoms with Crippen LogP contribution in [-0.2, 0) is 0 Å². The molecule has 15 heavy (non-hydrogen) atoms. The van der Waals surface area contributed by atoms with Gasteiger partial charge in [0.1, 0.15) is 5.75 Å². The quantitative estimate of drug-likeness (QED) is 0.740. The summed E-state index contributed by atoms with van der Waals surface area (Å²) < 4.78 is 0. The number of hydrogen-bond acceptors (Lipinski definition) is 3. The first kappa shape index (κ1) is 11.7. The van der Waals surface area contributed by atoms with Crippen LogP contribution in [-0.4, -0.2) is 29.1 Å². The lowest BCUT2D eigenvalue weighted by atomic mass is 10.1. The van der Waals surface area contributed by atoms with Crippen LogP contribution in [0.15, 0.2) is 29.3 Å². The minimum atomic E-state index is -0.107. The van der Waals surface area contributed by atoms with Crippen LogP contribution in [0, 0.1) is 5.92 Å². The van der Waals surface area contributed by atoms with Gasteiger partial charge in [-0.2, -0.15) is 0 Å². The molecule has 0 bridgehead atoms. The van der Waals surface area contributed by atoms with E-state index in [0.29, 0.717) is 5.56 Å². The smallest absolute Gasteiger partial charge is 0.124 e. The molecule has 0 radical (unpaired) electrons. The number of phenolic OH excluding ortho intramolecular Hbond substituents is 1. The number of rotatable bonds is 4. The number of aliphatic hydroxyl groups is 1. The molecule has 1 aromatic carbocycles. The van der Waals surface area contributed by atoms with Gasteiger partial charge in [0.2, 0.25) is 0 Å². The summed E-state index contributed by atoms with van der Waals surface area (Å²) in [6, 6.07) is 6.89. The molecule has 0 aromatic heterocycles. The first-order chi connectivity index (χ1) is 7.15. The van der Waals surface area contributed by atoms with E-state index < -0.39 is 0 Å². The highest BCUT2D eigenvalue weighted by atomic mass is 16.3. The first-order valence-corrected chi connectivity index (χ1v) is 5.07. The predicted molar refractivity (Wildman–Crippen MR) is 61.4 cm³/mol. The van der Waals surface area contributed by atoms with E-state index in [2.05, 4.69) is 4.99 Å². The topological polar surface area (TPSA) is 52.8 Å². The summed E-state index contributed by atoms with van der Waals surface area (Å²) in [4.78, 5) is 4.24. The van der Waals surface area contributed by atoms with E-state index in [9.17, 15) is 5.11 Å². The van der Waals surface area contributed by atoms with Gasteiger partial charge in [0.15, 0.2) is 0 Å². The molecule has 82 valence electrons. The van der Waals surface area contributed by atoms with Crippen molar-refractivity contribution in [3.63, 3.8) is 0 Å². The van der Waals surface area contributed by atoms with Gasteiger partial charge in [0, 0.05) is 11.8 Å². The molecule has 0 heterocycles. The maximum Gasteiger partial charge on any atom is 0.124 e. The molecule has 0 aliphatic heterocycles. The van der Waals surface area contributed by atoms with Crippen molar-refractivity contribution in [3.8, 4) is 5.75 Å². The predicted octanol–water partition coefficient (Wildman–Crippen LogP) is 1.83. The van der Waals surface area contributed by atoms with E-state index in [-0.39, 0.29) is 24.3 Å². The minimum Gasteiger partial charge on any atom is -0.507 e. The Bertz CT molecular complexity index is 334. The van der Waals surface area contributed by atoms with Crippen molar-refractivity contribution in [2.24, 2.45) is 10.9 Å². The second kappa shape index (κ2) is 5.51. The third kappa shape index (κ3) is 3.36. The molecule has 2 N–H and O–H groups in total. The molecule has 0 fully saturated rings. The molecule has 1 atom stereocenters. The van der Waals surface area contributed by atoms with Crippen molar-refractivity contribution >= 4 is 6.21 Å². The van der Waals surface area contributed by atoms with E-state index in [1.165, 1.54) is 0 Å². The van der Waals surface area contributed by atoms with E-state index in [0.717, 1.165) is 0 Å². The van der Waals surface area contributed by atoms with Gasteiger partial charge in [-0.3, -0.25) is 4.99 Å². The molecule has 0 saturated carbocycles. The second-order valence-corrected chi connectivity index (χ2v) is 3.83. The minimum absolute atomic E-state index is 0.0295. The number of hydrogen-bond donors (Lipinski definition) is 2. The number of nitrogens with zero attached hydrogens (tertiary/aromatic N) is 1. The van der Waals surface area contributed by atoms with Gasteiger partial charge < -0.3 is 10.2 Å². The highest BCUT2D eigenvalue weighted by molar-refractivity contribution is 5.83. The number of phenols is 1. The molecule has 1 aromatic rings. The van der Waals surface area contributed by atoms with Crippen molar-refractivity contribution in [1.29, 1.82) is 0 Å². The number of benzene rings is 1. The fourth-order valence-corrected chi connectivity index (χ4v) is 1.20. The number of aliphatic hydroxyl groups excluding tert-OH is 1. The summed E-state index contributed by atoms with van der Waals surface area (Å²) in [5.41, 5.74) is 0.677. The van der Waals surface area contributed by atoms with Crippen LogP contribution in [0.4, 0.5) is 0 Å². The summed E-state index contributed by atoms with van der Waals surface area (Å²) in [6.45, 7) is 4.04. The fraction of sp³-hybridized carbons (Fsp3) is 0.417. The Morgan fingerprint density at radius 2 is 2.00 bits per heavy atom. The first-order valence-electron chi connectivity index (χ1n) is 5.07. The third-order valence-electron chi connectivity index (χ3n) is 2.30. The maximum atomic E-state index is 9.48. The normalized spacial score (nSPS) is 13.6. The third-order valence-corrected chi connectivity index (χ3v) is 2.30. The molecular formula is C12H17NO2. The van der Waals surface area contributed by atoms with Crippen LogP contribution >= 0.6 is 0 Å². The van der Waals surface area contributed by atoms with Crippen molar-refractivity contribution in [3.05, 3.63) is 29.8 Å². The van der Waals surface area contributed by atoms with Crippen LogP contribution in [0.2, 0.25) is 0 Å². The molecule has 3 nitrogen and oxygen atoms in total. The zero-order chi connectivity index (χ0) is 11.3. The zero-order valence-electron chi connectivity index (χ0n) is 9.09. The summed E-state index contributed by atoms with van der Waals surface area (Å²) in [6.07, 6.45) is 1.61. The fourth-order valence-electron chi connectivity index (χ4n) is 1.20. The van der Waals surface area contributed by atoms with Gasteiger partial charge in [0.05, 0.1) is 12.6 Å². The largest absolute Gasteiger partial charge is 0.507 e. The lowest BCUT2D eigenvalue weighted by Crippen LogP contribution is -2.17. The van der Waals surface area contributed by atoms with Gasteiger partial charge in [-0.25, -0.2) is 0 Å². The number of aromatic hydroxyl groups is 1. The van der Waals surface area contributed by atoms with E-state index >= 15 is 0 Å². The molecule has 0 spiro atoms.